The Labute approximate surface area is 221 Å². The van der Waals surface area contributed by atoms with Gasteiger partial charge < -0.3 is 19.8 Å². The second-order valence-corrected chi connectivity index (χ2v) is 12.6. The maximum atomic E-state index is 13.4. The molecule has 0 bridgehead atoms. The van der Waals surface area contributed by atoms with Crippen molar-refractivity contribution >= 4 is 38.7 Å². The first-order valence-electron chi connectivity index (χ1n) is 12.3. The fourth-order valence-corrected chi connectivity index (χ4v) is 5.77. The number of hydrogen-bond acceptors (Lipinski definition) is 8. The van der Waals surface area contributed by atoms with E-state index in [1.54, 1.807) is 75.4 Å². The molecule has 38 heavy (non-hydrogen) atoms. The Kier molecular flexibility index (Phi) is 7.59. The fraction of sp³-hybridized carbons (Fsp3) is 0.407. The molecule has 202 valence electrons. The summed E-state index contributed by atoms with van der Waals surface area (Å²) in [6, 6.07) is 13.9. The Morgan fingerprint density at radius 1 is 1.05 bits per heavy atom. The average Bonchev–Trinajstić information content (AvgIpc) is 3.23. The molecular weight excluding hydrogens is 510 g/mol. The molecule has 1 aliphatic rings. The van der Waals surface area contributed by atoms with Crippen molar-refractivity contribution in [2.75, 3.05) is 5.75 Å². The van der Waals surface area contributed by atoms with Gasteiger partial charge in [-0.1, -0.05) is 42.5 Å². The Balaban J connectivity index is 1.55. The third kappa shape index (κ3) is 6.58. The number of ether oxygens (including phenoxy) is 1. The lowest BCUT2D eigenvalue weighted by Gasteiger charge is -2.40. The summed E-state index contributed by atoms with van der Waals surface area (Å²) in [5.74, 6) is -2.45. The lowest BCUT2D eigenvalue weighted by molar-refractivity contribution is -0.125. The summed E-state index contributed by atoms with van der Waals surface area (Å²) in [6.45, 7) is 4.95. The van der Waals surface area contributed by atoms with Crippen LogP contribution in [0.1, 0.15) is 56.3 Å². The topological polar surface area (TPSA) is 145 Å². The first-order chi connectivity index (χ1) is 17.9. The average molecular weight is 542 g/mol. The minimum absolute atomic E-state index is 0.139. The lowest BCUT2D eigenvalue weighted by atomic mass is 9.73. The number of hydrogen-bond donors (Lipinski definition) is 2. The molecule has 3 aromatic rings. The minimum atomic E-state index is -3.85. The van der Waals surface area contributed by atoms with Gasteiger partial charge in [0.2, 0.25) is 11.7 Å². The van der Waals surface area contributed by atoms with Crippen LogP contribution in [0, 0.1) is 0 Å². The van der Waals surface area contributed by atoms with E-state index in [9.17, 15) is 22.8 Å². The molecule has 1 aliphatic carbocycles. The molecule has 1 fully saturated rings. The number of oxazole rings is 1. The summed E-state index contributed by atoms with van der Waals surface area (Å²) in [5, 5.41) is 5.09. The van der Waals surface area contributed by atoms with Gasteiger partial charge in [-0.25, -0.2) is 18.2 Å². The second-order valence-electron chi connectivity index (χ2n) is 10.5. The Bertz CT molecular complexity index is 1410. The molecule has 1 heterocycles. The van der Waals surface area contributed by atoms with Crippen LogP contribution in [0.25, 0.3) is 11.1 Å². The van der Waals surface area contributed by atoms with Gasteiger partial charge in [0, 0.05) is 0 Å². The summed E-state index contributed by atoms with van der Waals surface area (Å²) in [5.41, 5.74) is -0.687. The minimum Gasteiger partial charge on any atom is -0.444 e. The Hall–Kier alpha value is -3.73. The molecule has 1 saturated carbocycles. The van der Waals surface area contributed by atoms with E-state index in [1.165, 1.54) is 0 Å². The highest BCUT2D eigenvalue weighted by Crippen LogP contribution is 2.35. The van der Waals surface area contributed by atoms with Crippen LogP contribution in [0.2, 0.25) is 0 Å². The van der Waals surface area contributed by atoms with Gasteiger partial charge in [-0.05, 0) is 57.7 Å². The molecule has 2 aromatic carbocycles. The maximum absolute atomic E-state index is 13.4. The monoisotopic (exact) mass is 541 g/mol. The van der Waals surface area contributed by atoms with Gasteiger partial charge in [0.1, 0.15) is 22.7 Å². The predicted molar refractivity (Wildman–Crippen MR) is 140 cm³/mol. The molecule has 11 heteroatoms. The van der Waals surface area contributed by atoms with E-state index < -0.39 is 50.6 Å². The highest BCUT2D eigenvalue weighted by atomic mass is 32.2. The fourth-order valence-electron chi connectivity index (χ4n) is 4.21. The summed E-state index contributed by atoms with van der Waals surface area (Å²) < 4.78 is 36.9. The zero-order valence-electron chi connectivity index (χ0n) is 21.5. The first-order valence-corrected chi connectivity index (χ1v) is 14.1. The van der Waals surface area contributed by atoms with Gasteiger partial charge in [-0.15, -0.1) is 0 Å². The van der Waals surface area contributed by atoms with Crippen LogP contribution in [0.15, 0.2) is 59.0 Å². The van der Waals surface area contributed by atoms with Crippen molar-refractivity contribution in [3.63, 3.8) is 0 Å². The lowest BCUT2D eigenvalue weighted by Crippen LogP contribution is -2.63. The van der Waals surface area contributed by atoms with Crippen LogP contribution in [0.5, 0.6) is 0 Å². The van der Waals surface area contributed by atoms with Crippen molar-refractivity contribution in [2.24, 2.45) is 0 Å². The summed E-state index contributed by atoms with van der Waals surface area (Å²) >= 11 is 0. The van der Waals surface area contributed by atoms with Crippen molar-refractivity contribution in [3.8, 4) is 0 Å². The quantitative estimate of drug-likeness (QED) is 0.391. The van der Waals surface area contributed by atoms with E-state index >= 15 is 0 Å². The maximum Gasteiger partial charge on any atom is 0.408 e. The predicted octanol–water partition coefficient (Wildman–Crippen LogP) is 3.56. The number of ketones is 1. The van der Waals surface area contributed by atoms with Crippen molar-refractivity contribution in [3.05, 3.63) is 66.1 Å². The number of nitrogens with zero attached hydrogens (tertiary/aromatic N) is 1. The van der Waals surface area contributed by atoms with Crippen molar-refractivity contribution in [1.82, 2.24) is 15.6 Å². The van der Waals surface area contributed by atoms with Crippen LogP contribution in [0.4, 0.5) is 4.79 Å². The molecular formula is C27H31N3O7S. The third-order valence-corrected chi connectivity index (χ3v) is 7.76. The van der Waals surface area contributed by atoms with Crippen LogP contribution >= 0.6 is 0 Å². The molecule has 2 amide bonds. The van der Waals surface area contributed by atoms with Crippen molar-refractivity contribution < 1.29 is 32.0 Å². The Morgan fingerprint density at radius 2 is 1.71 bits per heavy atom. The number of sulfone groups is 1. The number of amides is 2. The van der Waals surface area contributed by atoms with Gasteiger partial charge >= 0.3 is 6.09 Å². The first kappa shape index (κ1) is 27.3. The zero-order valence-corrected chi connectivity index (χ0v) is 22.3. The number of para-hydroxylation sites is 2. The Morgan fingerprint density at radius 3 is 2.32 bits per heavy atom. The molecule has 4 rings (SSSR count). The number of carbonyl (C=O) groups is 3. The number of Topliss-reactive ketones (excluding diaryl/α,β-unsaturated/α-hetero) is 1. The SMILES string of the molecule is CC(C)(C)OC(=O)NC(CS(=O)(=O)Cc1ccccc1)C(=O)NC1(C(=O)c2nc3ccccc3o2)CCC1. The van der Waals surface area contributed by atoms with Gasteiger partial charge in [0.15, 0.2) is 15.4 Å². The second kappa shape index (κ2) is 10.6. The highest BCUT2D eigenvalue weighted by molar-refractivity contribution is 7.90. The summed E-state index contributed by atoms with van der Waals surface area (Å²) in [6.07, 6.45) is 0.377. The number of carbonyl (C=O) groups excluding carboxylic acids is 3. The number of aromatic nitrogens is 1. The summed E-state index contributed by atoms with van der Waals surface area (Å²) in [4.78, 5) is 43.6. The molecule has 1 atom stereocenters. The van der Waals surface area contributed by atoms with E-state index in [1.807, 2.05) is 0 Å². The zero-order chi connectivity index (χ0) is 27.6. The number of benzene rings is 2. The van der Waals surface area contributed by atoms with Crippen molar-refractivity contribution in [1.29, 1.82) is 0 Å². The molecule has 0 spiro atoms. The number of nitrogens with one attached hydrogen (secondary N) is 2. The number of alkyl carbamates (subject to hydrolysis) is 1. The van der Waals surface area contributed by atoms with Gasteiger partial charge in [0.05, 0.1) is 11.5 Å². The molecule has 10 nitrogen and oxygen atoms in total. The largest absolute Gasteiger partial charge is 0.444 e. The van der Waals surface area contributed by atoms with Crippen LogP contribution in [-0.2, 0) is 25.1 Å². The molecule has 0 saturated heterocycles. The molecule has 1 unspecified atom stereocenters. The summed E-state index contributed by atoms with van der Waals surface area (Å²) in [7, 11) is -3.85. The van der Waals surface area contributed by atoms with Gasteiger partial charge in [0.25, 0.3) is 5.89 Å². The van der Waals surface area contributed by atoms with E-state index in [2.05, 4.69) is 15.6 Å². The van der Waals surface area contributed by atoms with Crippen LogP contribution in [-0.4, -0.2) is 54.1 Å². The van der Waals surface area contributed by atoms with E-state index in [-0.39, 0.29) is 11.6 Å². The highest BCUT2D eigenvalue weighted by Gasteiger charge is 2.49. The molecule has 0 radical (unpaired) electrons. The number of rotatable bonds is 9. The van der Waals surface area contributed by atoms with E-state index in [0.717, 1.165) is 0 Å². The van der Waals surface area contributed by atoms with E-state index in [4.69, 9.17) is 9.15 Å². The molecule has 1 aromatic heterocycles. The standard InChI is InChI=1S/C27H31N3O7S/c1-26(2,3)37-25(33)29-20(17-38(34,35)16-18-10-5-4-6-11-18)23(32)30-27(14-9-15-27)22(31)24-28-19-12-7-8-13-21(19)36-24/h4-8,10-13,20H,9,14-17H2,1-3H3,(H,29,33)(H,30,32). The molecule has 2 N–H and O–H groups in total. The normalized spacial score (nSPS) is 15.8. The van der Waals surface area contributed by atoms with Gasteiger partial charge in [-0.3, -0.25) is 9.59 Å². The third-order valence-electron chi connectivity index (χ3n) is 6.15. The van der Waals surface area contributed by atoms with Crippen molar-refractivity contribution in [2.45, 2.75) is 63.0 Å². The van der Waals surface area contributed by atoms with Gasteiger partial charge in [-0.2, -0.15) is 0 Å². The smallest absolute Gasteiger partial charge is 0.408 e. The van der Waals surface area contributed by atoms with E-state index in [0.29, 0.717) is 35.9 Å². The van der Waals surface area contributed by atoms with Crippen LogP contribution < -0.4 is 10.6 Å². The molecule has 0 aliphatic heterocycles. The number of fused-ring (bicyclic) bond motifs is 1. The van der Waals surface area contributed by atoms with Crippen LogP contribution in [0.3, 0.4) is 0 Å².